The van der Waals surface area contributed by atoms with Crippen LogP contribution in [0.15, 0.2) is 52.0 Å². The molecular weight excluding hydrogens is 375 g/mol. The zero-order chi connectivity index (χ0) is 15.0. The lowest BCUT2D eigenvalue weighted by atomic mass is 10.2. The maximum atomic E-state index is 12.4. The zero-order valence-electron chi connectivity index (χ0n) is 10.7. The van der Waals surface area contributed by atoms with Crippen molar-refractivity contribution < 1.29 is 0 Å². The van der Waals surface area contributed by atoms with E-state index in [4.69, 9.17) is 23.2 Å². The largest absolute Gasteiger partial charge is 0.294 e. The molecule has 21 heavy (non-hydrogen) atoms. The molecule has 0 aliphatic heterocycles. The third-order valence-corrected chi connectivity index (χ3v) is 4.36. The number of fused-ring (bicyclic) bond motifs is 1. The number of hydrogen-bond acceptors (Lipinski definition) is 2. The third-order valence-electron chi connectivity index (χ3n) is 3.12. The molecule has 6 heteroatoms. The molecule has 106 valence electrons. The highest BCUT2D eigenvalue weighted by atomic mass is 79.9. The second kappa shape index (κ2) is 5.79. The maximum absolute atomic E-state index is 12.4. The van der Waals surface area contributed by atoms with Crippen molar-refractivity contribution in [2.75, 3.05) is 0 Å². The van der Waals surface area contributed by atoms with Crippen molar-refractivity contribution in [1.82, 2.24) is 9.55 Å². The van der Waals surface area contributed by atoms with E-state index in [0.29, 0.717) is 27.5 Å². The van der Waals surface area contributed by atoms with E-state index in [0.717, 1.165) is 10.0 Å². The van der Waals surface area contributed by atoms with E-state index in [9.17, 15) is 4.79 Å². The summed E-state index contributed by atoms with van der Waals surface area (Å²) in [6.45, 7) is 0.398. The lowest BCUT2D eigenvalue weighted by Gasteiger charge is -2.08. The lowest BCUT2D eigenvalue weighted by Crippen LogP contribution is -2.21. The Kier molecular flexibility index (Phi) is 4.02. The van der Waals surface area contributed by atoms with E-state index >= 15 is 0 Å². The molecule has 0 fully saturated rings. The van der Waals surface area contributed by atoms with Crippen molar-refractivity contribution in [2.24, 2.45) is 0 Å². The number of nitrogens with zero attached hydrogens (tertiary/aromatic N) is 2. The van der Waals surface area contributed by atoms with Crippen LogP contribution >= 0.6 is 39.1 Å². The second-order valence-corrected chi connectivity index (χ2v) is 6.32. The molecular formula is C15H9BrCl2N2O. The standard InChI is InChI=1S/C15H9BrCl2N2O/c16-10-2-3-11-14(6-10)19-8-20(15(11)21)7-9-1-4-12(17)13(18)5-9/h1-6,8H,7H2. The van der Waals surface area contributed by atoms with Gasteiger partial charge in [0.2, 0.25) is 0 Å². The first kappa shape index (κ1) is 14.6. The summed E-state index contributed by atoms with van der Waals surface area (Å²) >= 11 is 15.3. The summed E-state index contributed by atoms with van der Waals surface area (Å²) in [5, 5.41) is 1.55. The van der Waals surface area contributed by atoms with Gasteiger partial charge in [-0.3, -0.25) is 9.36 Å². The van der Waals surface area contributed by atoms with Crippen molar-refractivity contribution in [1.29, 1.82) is 0 Å². The molecule has 0 amide bonds. The molecule has 3 rings (SSSR count). The first-order valence-corrected chi connectivity index (χ1v) is 7.68. The minimum atomic E-state index is -0.0847. The van der Waals surface area contributed by atoms with Crippen LogP contribution in [-0.2, 0) is 6.54 Å². The Labute approximate surface area is 139 Å². The Morgan fingerprint density at radius 1 is 1.10 bits per heavy atom. The fraction of sp³-hybridized carbons (Fsp3) is 0.0667. The fourth-order valence-corrected chi connectivity index (χ4v) is 2.75. The summed E-state index contributed by atoms with van der Waals surface area (Å²) < 4.78 is 2.44. The highest BCUT2D eigenvalue weighted by Crippen LogP contribution is 2.23. The van der Waals surface area contributed by atoms with E-state index in [1.165, 1.54) is 0 Å². The molecule has 0 radical (unpaired) electrons. The third kappa shape index (κ3) is 2.98. The van der Waals surface area contributed by atoms with Gasteiger partial charge in [-0.15, -0.1) is 0 Å². The van der Waals surface area contributed by atoms with Gasteiger partial charge < -0.3 is 0 Å². The molecule has 0 aliphatic rings. The Bertz CT molecular complexity index is 892. The average molecular weight is 384 g/mol. The summed E-state index contributed by atoms with van der Waals surface area (Å²) in [5.74, 6) is 0. The van der Waals surface area contributed by atoms with Crippen LogP contribution < -0.4 is 5.56 Å². The molecule has 0 unspecified atom stereocenters. The Hall–Kier alpha value is -1.36. The molecule has 0 N–H and O–H groups in total. The first-order valence-electron chi connectivity index (χ1n) is 6.13. The van der Waals surface area contributed by atoms with Gasteiger partial charge in [-0.2, -0.15) is 0 Å². The van der Waals surface area contributed by atoms with Crippen molar-refractivity contribution in [3.63, 3.8) is 0 Å². The molecule has 3 aromatic rings. The number of aromatic nitrogens is 2. The molecule has 0 saturated heterocycles. The first-order chi connectivity index (χ1) is 10.0. The summed E-state index contributed by atoms with van der Waals surface area (Å²) in [4.78, 5) is 16.8. The summed E-state index contributed by atoms with van der Waals surface area (Å²) in [5.41, 5.74) is 1.48. The zero-order valence-corrected chi connectivity index (χ0v) is 13.8. The van der Waals surface area contributed by atoms with Gasteiger partial charge in [0.15, 0.2) is 0 Å². The highest BCUT2D eigenvalue weighted by Gasteiger charge is 2.06. The molecule has 0 aliphatic carbocycles. The van der Waals surface area contributed by atoms with Crippen LogP contribution in [0.3, 0.4) is 0 Å². The topological polar surface area (TPSA) is 34.9 Å². The number of halogens is 3. The Morgan fingerprint density at radius 2 is 1.90 bits per heavy atom. The van der Waals surface area contributed by atoms with E-state index in [-0.39, 0.29) is 5.56 Å². The molecule has 0 saturated carbocycles. The Balaban J connectivity index is 2.05. The van der Waals surface area contributed by atoms with E-state index < -0.39 is 0 Å². The van der Waals surface area contributed by atoms with Gasteiger partial charge in [0.1, 0.15) is 0 Å². The predicted octanol–water partition coefficient (Wildman–Crippen LogP) is 4.51. The van der Waals surface area contributed by atoms with Crippen LogP contribution in [0.5, 0.6) is 0 Å². The SMILES string of the molecule is O=c1c2ccc(Br)cc2ncn1Cc1ccc(Cl)c(Cl)c1. The Morgan fingerprint density at radius 3 is 2.67 bits per heavy atom. The van der Waals surface area contributed by atoms with Gasteiger partial charge in [-0.25, -0.2) is 4.98 Å². The van der Waals surface area contributed by atoms with Crippen LogP contribution in [0.1, 0.15) is 5.56 Å². The monoisotopic (exact) mass is 382 g/mol. The van der Waals surface area contributed by atoms with Crippen LogP contribution in [0, 0.1) is 0 Å². The predicted molar refractivity (Wildman–Crippen MR) is 89.3 cm³/mol. The minimum absolute atomic E-state index is 0.0847. The molecule has 0 atom stereocenters. The quantitative estimate of drug-likeness (QED) is 0.652. The molecule has 1 aromatic heterocycles. The van der Waals surface area contributed by atoms with Gasteiger partial charge in [0.05, 0.1) is 33.8 Å². The normalized spacial score (nSPS) is 11.0. The summed E-state index contributed by atoms with van der Waals surface area (Å²) in [6.07, 6.45) is 1.54. The molecule has 0 spiro atoms. The average Bonchev–Trinajstić information content (AvgIpc) is 2.46. The van der Waals surface area contributed by atoms with Crippen LogP contribution in [0.25, 0.3) is 10.9 Å². The van der Waals surface area contributed by atoms with E-state index in [1.807, 2.05) is 18.2 Å². The van der Waals surface area contributed by atoms with Gasteiger partial charge in [-0.05, 0) is 35.9 Å². The molecule has 0 bridgehead atoms. The lowest BCUT2D eigenvalue weighted by molar-refractivity contribution is 0.748. The smallest absolute Gasteiger partial charge is 0.261 e. The minimum Gasteiger partial charge on any atom is -0.294 e. The van der Waals surface area contributed by atoms with Crippen molar-refractivity contribution in [3.8, 4) is 0 Å². The molecule has 1 heterocycles. The second-order valence-electron chi connectivity index (χ2n) is 4.59. The summed E-state index contributed by atoms with van der Waals surface area (Å²) in [7, 11) is 0. The fourth-order valence-electron chi connectivity index (χ4n) is 2.08. The van der Waals surface area contributed by atoms with Crippen molar-refractivity contribution in [2.45, 2.75) is 6.54 Å². The van der Waals surface area contributed by atoms with Gasteiger partial charge in [-0.1, -0.05) is 45.2 Å². The highest BCUT2D eigenvalue weighted by molar-refractivity contribution is 9.10. The van der Waals surface area contributed by atoms with Gasteiger partial charge >= 0.3 is 0 Å². The number of hydrogen-bond donors (Lipinski definition) is 0. The van der Waals surface area contributed by atoms with Gasteiger partial charge in [0.25, 0.3) is 5.56 Å². The summed E-state index contributed by atoms with van der Waals surface area (Å²) in [6, 6.07) is 10.7. The van der Waals surface area contributed by atoms with E-state index in [1.54, 1.807) is 29.1 Å². The molecule has 3 nitrogen and oxygen atoms in total. The van der Waals surface area contributed by atoms with Crippen LogP contribution in [-0.4, -0.2) is 9.55 Å². The van der Waals surface area contributed by atoms with E-state index in [2.05, 4.69) is 20.9 Å². The van der Waals surface area contributed by atoms with Crippen LogP contribution in [0.2, 0.25) is 10.0 Å². The van der Waals surface area contributed by atoms with Crippen molar-refractivity contribution in [3.05, 3.63) is 73.2 Å². The number of rotatable bonds is 2. The van der Waals surface area contributed by atoms with Crippen LogP contribution in [0.4, 0.5) is 0 Å². The maximum Gasteiger partial charge on any atom is 0.261 e. The molecule has 2 aromatic carbocycles. The van der Waals surface area contributed by atoms with Crippen molar-refractivity contribution >= 4 is 50.0 Å². The van der Waals surface area contributed by atoms with Gasteiger partial charge in [0, 0.05) is 4.47 Å². The number of benzene rings is 2.